The first-order valence-electron chi connectivity index (χ1n) is 6.04. The SMILES string of the molecule is C=Cc1c(/C=C\C)oc2cc3ccccc3cc12. The third kappa shape index (κ3) is 1.56. The number of hydrogen-bond acceptors (Lipinski definition) is 1. The van der Waals surface area contributed by atoms with E-state index in [0.717, 1.165) is 22.3 Å². The number of rotatable bonds is 2. The van der Waals surface area contributed by atoms with E-state index in [1.165, 1.54) is 10.8 Å². The highest BCUT2D eigenvalue weighted by molar-refractivity contribution is 6.00. The zero-order chi connectivity index (χ0) is 12.5. The summed E-state index contributed by atoms with van der Waals surface area (Å²) in [7, 11) is 0. The maximum Gasteiger partial charge on any atom is 0.136 e. The Bertz CT molecular complexity index is 760. The number of furan rings is 1. The average molecular weight is 234 g/mol. The van der Waals surface area contributed by atoms with Crippen molar-refractivity contribution in [3.63, 3.8) is 0 Å². The van der Waals surface area contributed by atoms with E-state index in [1.54, 1.807) is 0 Å². The van der Waals surface area contributed by atoms with Gasteiger partial charge in [0.25, 0.3) is 0 Å². The highest BCUT2D eigenvalue weighted by Gasteiger charge is 2.10. The Kier molecular flexibility index (Phi) is 2.52. The molecule has 1 aromatic heterocycles. The Labute approximate surface area is 106 Å². The van der Waals surface area contributed by atoms with Gasteiger partial charge in [0.15, 0.2) is 0 Å². The molecule has 1 nitrogen and oxygen atoms in total. The lowest BCUT2D eigenvalue weighted by molar-refractivity contribution is 0.603. The lowest BCUT2D eigenvalue weighted by Gasteiger charge is -1.97. The zero-order valence-corrected chi connectivity index (χ0v) is 10.3. The molecule has 88 valence electrons. The van der Waals surface area contributed by atoms with Crippen LogP contribution in [0.3, 0.4) is 0 Å². The predicted octanol–water partition coefficient (Wildman–Crippen LogP) is 5.26. The summed E-state index contributed by atoms with van der Waals surface area (Å²) in [5, 5.41) is 3.54. The first-order valence-corrected chi connectivity index (χ1v) is 6.04. The van der Waals surface area contributed by atoms with Crippen molar-refractivity contribution in [2.75, 3.05) is 0 Å². The molecule has 3 aromatic rings. The van der Waals surface area contributed by atoms with Crippen LogP contribution >= 0.6 is 0 Å². The Morgan fingerprint density at radius 2 is 1.83 bits per heavy atom. The molecule has 0 spiro atoms. The third-order valence-electron chi connectivity index (χ3n) is 3.15. The van der Waals surface area contributed by atoms with Crippen molar-refractivity contribution in [1.82, 2.24) is 0 Å². The summed E-state index contributed by atoms with van der Waals surface area (Å²) in [4.78, 5) is 0. The normalized spacial score (nSPS) is 11.6. The van der Waals surface area contributed by atoms with Crippen LogP contribution in [0, 0.1) is 0 Å². The zero-order valence-electron chi connectivity index (χ0n) is 10.3. The number of fused-ring (bicyclic) bond motifs is 2. The van der Waals surface area contributed by atoms with Crippen LogP contribution < -0.4 is 0 Å². The van der Waals surface area contributed by atoms with Crippen molar-refractivity contribution in [2.24, 2.45) is 0 Å². The van der Waals surface area contributed by atoms with Crippen LogP contribution in [-0.4, -0.2) is 0 Å². The topological polar surface area (TPSA) is 13.1 Å². The van der Waals surface area contributed by atoms with Gasteiger partial charge >= 0.3 is 0 Å². The molecule has 3 rings (SSSR count). The summed E-state index contributed by atoms with van der Waals surface area (Å²) in [6.07, 6.45) is 5.81. The fourth-order valence-corrected chi connectivity index (χ4v) is 2.31. The van der Waals surface area contributed by atoms with Crippen LogP contribution in [0.5, 0.6) is 0 Å². The van der Waals surface area contributed by atoms with Crippen molar-refractivity contribution in [3.8, 4) is 0 Å². The first kappa shape index (κ1) is 10.8. The van der Waals surface area contributed by atoms with E-state index in [1.807, 2.05) is 31.2 Å². The summed E-state index contributed by atoms with van der Waals surface area (Å²) < 4.78 is 5.88. The second kappa shape index (κ2) is 4.19. The second-order valence-corrected chi connectivity index (χ2v) is 4.28. The summed E-state index contributed by atoms with van der Waals surface area (Å²) in [6, 6.07) is 12.6. The van der Waals surface area contributed by atoms with Gasteiger partial charge in [-0.2, -0.15) is 0 Å². The molecule has 0 bridgehead atoms. The molecule has 0 amide bonds. The van der Waals surface area contributed by atoms with Crippen molar-refractivity contribution >= 4 is 33.9 Å². The standard InChI is InChI=1S/C17H14O/c1-3-7-16-14(4-2)15-10-12-8-5-6-9-13(12)11-17(15)18-16/h3-11H,2H2,1H3/b7-3-. The van der Waals surface area contributed by atoms with Crippen LogP contribution in [0.15, 0.2) is 53.5 Å². The van der Waals surface area contributed by atoms with Gasteiger partial charge < -0.3 is 4.42 Å². The van der Waals surface area contributed by atoms with E-state index in [4.69, 9.17) is 4.42 Å². The first-order chi connectivity index (χ1) is 8.83. The number of benzene rings is 2. The van der Waals surface area contributed by atoms with Crippen molar-refractivity contribution in [2.45, 2.75) is 6.92 Å². The average Bonchev–Trinajstić information content (AvgIpc) is 2.72. The highest BCUT2D eigenvalue weighted by atomic mass is 16.3. The highest BCUT2D eigenvalue weighted by Crippen LogP contribution is 2.31. The lowest BCUT2D eigenvalue weighted by Crippen LogP contribution is -1.74. The molecule has 0 saturated heterocycles. The maximum absolute atomic E-state index is 5.88. The molecule has 0 aliphatic carbocycles. The van der Waals surface area contributed by atoms with Gasteiger partial charge in [-0.1, -0.05) is 43.0 Å². The van der Waals surface area contributed by atoms with Crippen molar-refractivity contribution < 1.29 is 4.42 Å². The van der Waals surface area contributed by atoms with E-state index >= 15 is 0 Å². The fourth-order valence-electron chi connectivity index (χ4n) is 2.31. The van der Waals surface area contributed by atoms with E-state index in [2.05, 4.69) is 36.9 Å². The largest absolute Gasteiger partial charge is 0.456 e. The van der Waals surface area contributed by atoms with Crippen LogP contribution in [0.25, 0.3) is 33.9 Å². The smallest absolute Gasteiger partial charge is 0.136 e. The number of allylic oxidation sites excluding steroid dienone is 1. The van der Waals surface area contributed by atoms with Crippen molar-refractivity contribution in [3.05, 3.63) is 60.4 Å². The minimum absolute atomic E-state index is 0.873. The molecule has 0 radical (unpaired) electrons. The molecule has 18 heavy (non-hydrogen) atoms. The van der Waals surface area contributed by atoms with Gasteiger partial charge in [0.1, 0.15) is 11.3 Å². The minimum Gasteiger partial charge on any atom is -0.456 e. The minimum atomic E-state index is 0.873. The monoisotopic (exact) mass is 234 g/mol. The lowest BCUT2D eigenvalue weighted by atomic mass is 10.0. The van der Waals surface area contributed by atoms with Crippen LogP contribution in [0.4, 0.5) is 0 Å². The Hall–Kier alpha value is -2.28. The summed E-state index contributed by atoms with van der Waals surface area (Å²) in [5.41, 5.74) is 1.98. The molecule has 1 heterocycles. The van der Waals surface area contributed by atoms with E-state index < -0.39 is 0 Å². The van der Waals surface area contributed by atoms with Crippen LogP contribution in [0.1, 0.15) is 18.2 Å². The van der Waals surface area contributed by atoms with Gasteiger partial charge in [0, 0.05) is 10.9 Å². The maximum atomic E-state index is 5.88. The molecule has 0 N–H and O–H groups in total. The predicted molar refractivity (Wildman–Crippen MR) is 78.5 cm³/mol. The molecule has 0 unspecified atom stereocenters. The Morgan fingerprint density at radius 3 is 2.50 bits per heavy atom. The van der Waals surface area contributed by atoms with Crippen molar-refractivity contribution in [1.29, 1.82) is 0 Å². The molecule has 0 saturated carbocycles. The quantitative estimate of drug-likeness (QED) is 0.589. The van der Waals surface area contributed by atoms with Crippen LogP contribution in [0.2, 0.25) is 0 Å². The fraction of sp³-hybridized carbons (Fsp3) is 0.0588. The molecule has 1 heteroatoms. The summed E-state index contributed by atoms with van der Waals surface area (Å²) in [5.74, 6) is 0.873. The molecular weight excluding hydrogens is 220 g/mol. The van der Waals surface area contributed by atoms with E-state index in [0.29, 0.717) is 0 Å². The molecule has 2 aromatic carbocycles. The van der Waals surface area contributed by atoms with Gasteiger partial charge in [0.2, 0.25) is 0 Å². The second-order valence-electron chi connectivity index (χ2n) is 4.28. The van der Waals surface area contributed by atoms with Gasteiger partial charge in [-0.3, -0.25) is 0 Å². The van der Waals surface area contributed by atoms with E-state index in [-0.39, 0.29) is 0 Å². The third-order valence-corrected chi connectivity index (χ3v) is 3.15. The van der Waals surface area contributed by atoms with Gasteiger partial charge in [-0.05, 0) is 35.9 Å². The van der Waals surface area contributed by atoms with Crippen LogP contribution in [-0.2, 0) is 0 Å². The number of hydrogen-bond donors (Lipinski definition) is 0. The van der Waals surface area contributed by atoms with E-state index in [9.17, 15) is 0 Å². The molecule has 0 fully saturated rings. The summed E-state index contributed by atoms with van der Waals surface area (Å²) >= 11 is 0. The molecule has 0 aliphatic rings. The Morgan fingerprint density at radius 1 is 1.11 bits per heavy atom. The van der Waals surface area contributed by atoms with Gasteiger partial charge in [-0.15, -0.1) is 0 Å². The molecule has 0 aliphatic heterocycles. The summed E-state index contributed by atoms with van der Waals surface area (Å²) in [6.45, 7) is 5.87. The molecular formula is C17H14O. The van der Waals surface area contributed by atoms with Gasteiger partial charge in [-0.25, -0.2) is 0 Å². The Balaban J connectivity index is 2.43. The molecule has 0 atom stereocenters. The van der Waals surface area contributed by atoms with Gasteiger partial charge in [0.05, 0.1) is 0 Å².